The van der Waals surface area contributed by atoms with Gasteiger partial charge in [0.05, 0.1) is 22.9 Å². The highest BCUT2D eigenvalue weighted by Crippen LogP contribution is 2.30. The van der Waals surface area contributed by atoms with Gasteiger partial charge in [0.1, 0.15) is 0 Å². The fourth-order valence-corrected chi connectivity index (χ4v) is 3.03. The molecule has 0 saturated carbocycles. The Balaban J connectivity index is 2.42. The summed E-state index contributed by atoms with van der Waals surface area (Å²) < 4.78 is 5.76. The van der Waals surface area contributed by atoms with E-state index < -0.39 is 11.9 Å². The summed E-state index contributed by atoms with van der Waals surface area (Å²) in [7, 11) is 0. The van der Waals surface area contributed by atoms with E-state index in [9.17, 15) is 19.8 Å². The zero-order valence-electron chi connectivity index (χ0n) is 14.0. The molecule has 24 heavy (non-hydrogen) atoms. The molecule has 4 N–H and O–H groups in total. The van der Waals surface area contributed by atoms with Crippen LogP contribution in [0, 0.1) is 6.92 Å². The number of rotatable bonds is 6. The maximum absolute atomic E-state index is 11.6. The lowest BCUT2D eigenvalue weighted by Gasteiger charge is -2.39. The summed E-state index contributed by atoms with van der Waals surface area (Å²) in [5, 5.41) is 19.0. The molecule has 7 heteroatoms. The lowest BCUT2D eigenvalue weighted by Crippen LogP contribution is -2.52. The number of aryl methyl sites for hydroxylation is 1. The lowest BCUT2D eigenvalue weighted by molar-refractivity contribution is 0.0308. The van der Waals surface area contributed by atoms with Crippen molar-refractivity contribution in [2.75, 3.05) is 24.6 Å². The number of nitrogens with two attached hydrogens (primary N) is 1. The van der Waals surface area contributed by atoms with Crippen molar-refractivity contribution < 1.29 is 24.5 Å². The molecule has 1 aliphatic heterocycles. The maximum atomic E-state index is 11.6. The summed E-state index contributed by atoms with van der Waals surface area (Å²) in [6.07, 6.45) is 1.22. The molecule has 0 bridgehead atoms. The number of piperidine rings is 1. The van der Waals surface area contributed by atoms with Crippen molar-refractivity contribution in [3.05, 3.63) is 28.8 Å². The van der Waals surface area contributed by atoms with E-state index in [-0.39, 0.29) is 29.0 Å². The van der Waals surface area contributed by atoms with Gasteiger partial charge >= 0.3 is 11.9 Å². The van der Waals surface area contributed by atoms with Crippen LogP contribution in [0.25, 0.3) is 0 Å². The van der Waals surface area contributed by atoms with E-state index in [1.807, 2.05) is 6.92 Å². The Labute approximate surface area is 141 Å². The first kappa shape index (κ1) is 18.2. The van der Waals surface area contributed by atoms with Gasteiger partial charge in [0.15, 0.2) is 0 Å². The van der Waals surface area contributed by atoms with Gasteiger partial charge in [0, 0.05) is 25.7 Å². The number of nitrogens with zero attached hydrogens (tertiary/aromatic N) is 1. The minimum absolute atomic E-state index is 0.00267. The first-order chi connectivity index (χ1) is 11.3. The van der Waals surface area contributed by atoms with Crippen LogP contribution in [0.2, 0.25) is 0 Å². The Bertz CT molecular complexity index is 596. The molecule has 132 valence electrons. The molecular formula is C17H24N2O5. The number of hydrogen-bond acceptors (Lipinski definition) is 5. The summed E-state index contributed by atoms with van der Waals surface area (Å²) in [4.78, 5) is 25.0. The van der Waals surface area contributed by atoms with E-state index >= 15 is 0 Å². The number of carbonyl (C=O) groups is 2. The predicted octanol–water partition coefficient (Wildman–Crippen LogP) is 1.72. The molecule has 2 unspecified atom stereocenters. The molecule has 1 aromatic rings. The summed E-state index contributed by atoms with van der Waals surface area (Å²) in [5.74, 6) is -2.28. The van der Waals surface area contributed by atoms with Gasteiger partial charge in [-0.05, 0) is 37.5 Å². The molecule has 1 saturated heterocycles. The van der Waals surface area contributed by atoms with Gasteiger partial charge in [-0.3, -0.25) is 0 Å². The van der Waals surface area contributed by atoms with Crippen molar-refractivity contribution in [1.29, 1.82) is 0 Å². The topological polar surface area (TPSA) is 113 Å². The predicted molar refractivity (Wildman–Crippen MR) is 89.9 cm³/mol. The molecule has 0 spiro atoms. The van der Waals surface area contributed by atoms with Gasteiger partial charge < -0.3 is 25.6 Å². The molecular weight excluding hydrogens is 312 g/mol. The molecule has 2 atom stereocenters. The van der Waals surface area contributed by atoms with E-state index in [4.69, 9.17) is 10.5 Å². The van der Waals surface area contributed by atoms with Gasteiger partial charge in [-0.25, -0.2) is 9.59 Å². The number of aromatic carboxylic acids is 2. The number of anilines is 1. The van der Waals surface area contributed by atoms with Crippen LogP contribution >= 0.6 is 0 Å². The highest BCUT2D eigenvalue weighted by molar-refractivity contribution is 6.03. The van der Waals surface area contributed by atoms with Gasteiger partial charge in [0.2, 0.25) is 0 Å². The second-order valence-corrected chi connectivity index (χ2v) is 6.13. The first-order valence-corrected chi connectivity index (χ1v) is 8.08. The molecule has 1 fully saturated rings. The third-order valence-corrected chi connectivity index (χ3v) is 4.18. The van der Waals surface area contributed by atoms with Crippen molar-refractivity contribution in [2.45, 2.75) is 38.8 Å². The van der Waals surface area contributed by atoms with E-state index in [1.54, 1.807) is 11.8 Å². The Morgan fingerprint density at radius 1 is 1.29 bits per heavy atom. The Hall–Kier alpha value is -2.12. The summed E-state index contributed by atoms with van der Waals surface area (Å²) in [6.45, 7) is 5.12. The quantitative estimate of drug-likeness (QED) is 0.725. The molecule has 1 heterocycles. The van der Waals surface area contributed by atoms with Gasteiger partial charge in [0.25, 0.3) is 0 Å². The zero-order chi connectivity index (χ0) is 17.9. The molecule has 7 nitrogen and oxygen atoms in total. The number of carboxylic acids is 2. The molecule has 1 aromatic carbocycles. The second kappa shape index (κ2) is 7.63. The van der Waals surface area contributed by atoms with Gasteiger partial charge in [-0.1, -0.05) is 6.92 Å². The maximum Gasteiger partial charge on any atom is 0.337 e. The van der Waals surface area contributed by atoms with Crippen LogP contribution in [0.1, 0.15) is 46.0 Å². The number of benzene rings is 1. The highest BCUT2D eigenvalue weighted by Gasteiger charge is 2.32. The highest BCUT2D eigenvalue weighted by atomic mass is 16.5. The largest absolute Gasteiger partial charge is 0.478 e. The molecule has 1 aliphatic rings. The molecule has 0 radical (unpaired) electrons. The van der Waals surface area contributed by atoms with Crippen LogP contribution in [0.15, 0.2) is 12.1 Å². The average Bonchev–Trinajstić information content (AvgIpc) is 2.53. The minimum atomic E-state index is -1.14. The van der Waals surface area contributed by atoms with Crippen LogP contribution in [-0.4, -0.2) is 54.0 Å². The average molecular weight is 336 g/mol. The number of carboxylic acid groups (broad SMARTS) is 2. The first-order valence-electron chi connectivity index (χ1n) is 8.08. The second-order valence-electron chi connectivity index (χ2n) is 6.13. The molecule has 0 aromatic heterocycles. The number of ether oxygens (including phenoxy) is 1. The Morgan fingerprint density at radius 2 is 1.88 bits per heavy atom. The van der Waals surface area contributed by atoms with Crippen LogP contribution in [0.5, 0.6) is 0 Å². The van der Waals surface area contributed by atoms with E-state index in [0.29, 0.717) is 31.7 Å². The van der Waals surface area contributed by atoms with Crippen LogP contribution in [-0.2, 0) is 4.74 Å². The van der Waals surface area contributed by atoms with E-state index in [0.717, 1.165) is 6.42 Å². The van der Waals surface area contributed by atoms with Crippen molar-refractivity contribution in [3.63, 3.8) is 0 Å². The Morgan fingerprint density at radius 3 is 2.38 bits per heavy atom. The van der Waals surface area contributed by atoms with Crippen molar-refractivity contribution in [3.8, 4) is 0 Å². The molecule has 0 aliphatic carbocycles. The fraction of sp³-hybridized carbons (Fsp3) is 0.529. The van der Waals surface area contributed by atoms with Crippen molar-refractivity contribution in [1.82, 2.24) is 0 Å². The van der Waals surface area contributed by atoms with Crippen molar-refractivity contribution >= 4 is 17.6 Å². The monoisotopic (exact) mass is 336 g/mol. The minimum Gasteiger partial charge on any atom is -0.478 e. The zero-order valence-corrected chi connectivity index (χ0v) is 14.0. The summed E-state index contributed by atoms with van der Waals surface area (Å²) >= 11 is 0. The van der Waals surface area contributed by atoms with Crippen LogP contribution in [0.3, 0.4) is 0 Å². The molecule has 2 rings (SSSR count). The van der Waals surface area contributed by atoms with Gasteiger partial charge in [-0.2, -0.15) is 0 Å². The van der Waals surface area contributed by atoms with Crippen LogP contribution < -0.4 is 10.6 Å². The smallest absolute Gasteiger partial charge is 0.337 e. The van der Waals surface area contributed by atoms with Gasteiger partial charge in [-0.15, -0.1) is 0 Å². The third-order valence-electron chi connectivity index (χ3n) is 4.18. The van der Waals surface area contributed by atoms with E-state index in [1.165, 1.54) is 12.1 Å². The van der Waals surface area contributed by atoms with Crippen LogP contribution in [0.4, 0.5) is 5.69 Å². The molecule has 0 amide bonds. The fourth-order valence-electron chi connectivity index (χ4n) is 3.03. The lowest BCUT2D eigenvalue weighted by atomic mass is 9.97. The summed E-state index contributed by atoms with van der Waals surface area (Å²) in [6, 6.07) is 2.86. The van der Waals surface area contributed by atoms with E-state index in [2.05, 4.69) is 0 Å². The SMILES string of the molecule is CCCOC1CN(c2c(C(=O)O)cc(C)cc2C(=O)O)CCC1N. The number of hydrogen-bond donors (Lipinski definition) is 3. The standard InChI is InChI=1S/C17H24N2O5/c1-3-6-24-14-9-19(5-4-13(14)18)15-11(16(20)21)7-10(2)8-12(15)17(22)23/h7-8,13-14H,3-6,9,18H2,1-2H3,(H,20,21)(H,22,23). The summed E-state index contributed by atoms with van der Waals surface area (Å²) in [5.41, 5.74) is 6.92. The normalized spacial score (nSPS) is 20.9. The third kappa shape index (κ3) is 3.85. The van der Waals surface area contributed by atoms with Crippen molar-refractivity contribution in [2.24, 2.45) is 5.73 Å². The Kier molecular flexibility index (Phi) is 5.80.